The summed E-state index contributed by atoms with van der Waals surface area (Å²) in [5.74, 6) is -0.634. The van der Waals surface area contributed by atoms with Gasteiger partial charge in [-0.3, -0.25) is 0 Å². The second-order valence-corrected chi connectivity index (χ2v) is 5.83. The number of halogens is 6. The van der Waals surface area contributed by atoms with Crippen LogP contribution in [0.4, 0.5) is 13.2 Å². The van der Waals surface area contributed by atoms with Crippen LogP contribution in [0.1, 0.15) is 22.8 Å². The van der Waals surface area contributed by atoms with E-state index in [-0.39, 0.29) is 32.5 Å². The first kappa shape index (κ1) is 18.1. The average molecular weight is 432 g/mol. The maximum Gasteiger partial charge on any atom is 0.416 e. The minimum absolute atomic E-state index is 0.0174. The molecule has 0 aliphatic carbocycles. The number of hydrogen-bond donors (Lipinski definition) is 0. The Morgan fingerprint density at radius 3 is 2.39 bits per heavy atom. The van der Waals surface area contributed by atoms with Gasteiger partial charge in [0.25, 0.3) is 0 Å². The topological polar surface area (TPSA) is 44.1 Å². The van der Waals surface area contributed by atoms with E-state index in [0.717, 1.165) is 16.8 Å². The van der Waals surface area contributed by atoms with Crippen LogP contribution in [0.3, 0.4) is 0 Å². The van der Waals surface area contributed by atoms with Crippen molar-refractivity contribution in [3.63, 3.8) is 0 Å². The van der Waals surface area contributed by atoms with Crippen LogP contribution in [0.2, 0.25) is 10.0 Å². The van der Waals surface area contributed by atoms with E-state index in [4.69, 9.17) is 27.9 Å². The number of ether oxygens (including phenoxy) is 1. The molecule has 2 rings (SSSR count). The maximum atomic E-state index is 12.7. The molecule has 1 heterocycles. The lowest BCUT2D eigenvalue weighted by Gasteiger charge is -2.13. The standard InChI is InChI=1S/C13H8BrCl2F3N2O2/c1-2-23-12(22)7-5-20-21(11(7)14)10-8(15)3-6(4-9(10)16)13(17,18)19/h3-5H,2H2,1H3. The molecule has 0 spiro atoms. The maximum absolute atomic E-state index is 12.7. The first-order valence-electron chi connectivity index (χ1n) is 6.14. The van der Waals surface area contributed by atoms with Crippen molar-refractivity contribution in [3.8, 4) is 5.69 Å². The van der Waals surface area contributed by atoms with E-state index in [1.807, 2.05) is 0 Å². The highest BCUT2D eigenvalue weighted by molar-refractivity contribution is 9.10. The largest absolute Gasteiger partial charge is 0.462 e. The lowest BCUT2D eigenvalue weighted by atomic mass is 10.2. The number of rotatable bonds is 3. The molecule has 0 saturated heterocycles. The molecule has 0 aliphatic heterocycles. The van der Waals surface area contributed by atoms with Crippen molar-refractivity contribution in [3.05, 3.63) is 44.1 Å². The Balaban J connectivity index is 2.54. The summed E-state index contributed by atoms with van der Waals surface area (Å²) in [4.78, 5) is 11.7. The Hall–Kier alpha value is -1.25. The van der Waals surface area contributed by atoms with E-state index in [0.29, 0.717) is 0 Å². The van der Waals surface area contributed by atoms with Gasteiger partial charge in [0.1, 0.15) is 15.9 Å². The summed E-state index contributed by atoms with van der Waals surface area (Å²) in [6, 6.07) is 1.47. The predicted octanol–water partition coefficient (Wildman–Crippen LogP) is 5.14. The van der Waals surface area contributed by atoms with Gasteiger partial charge in [0.05, 0.1) is 28.4 Å². The van der Waals surface area contributed by atoms with E-state index in [9.17, 15) is 18.0 Å². The molecule has 0 amide bonds. The highest BCUT2D eigenvalue weighted by Crippen LogP contribution is 2.38. The van der Waals surface area contributed by atoms with Gasteiger partial charge < -0.3 is 4.74 Å². The Bertz CT molecular complexity index is 739. The molecule has 0 unspecified atom stereocenters. The summed E-state index contributed by atoms with van der Waals surface area (Å²) < 4.78 is 44.4. The van der Waals surface area contributed by atoms with Crippen molar-refractivity contribution in [1.29, 1.82) is 0 Å². The van der Waals surface area contributed by atoms with Crippen LogP contribution in [0.15, 0.2) is 22.9 Å². The molecule has 1 aromatic heterocycles. The van der Waals surface area contributed by atoms with Crippen molar-refractivity contribution in [1.82, 2.24) is 9.78 Å². The lowest BCUT2D eigenvalue weighted by Crippen LogP contribution is -2.08. The van der Waals surface area contributed by atoms with Gasteiger partial charge in [-0.1, -0.05) is 23.2 Å². The van der Waals surface area contributed by atoms with E-state index in [1.165, 1.54) is 6.20 Å². The molecule has 2 aromatic rings. The fourth-order valence-electron chi connectivity index (χ4n) is 1.77. The van der Waals surface area contributed by atoms with Crippen LogP contribution in [0.5, 0.6) is 0 Å². The molecule has 0 bridgehead atoms. The van der Waals surface area contributed by atoms with Gasteiger partial charge in [0.2, 0.25) is 0 Å². The predicted molar refractivity (Wildman–Crippen MR) is 82.2 cm³/mol. The molecule has 0 radical (unpaired) electrons. The van der Waals surface area contributed by atoms with Crippen molar-refractivity contribution < 1.29 is 22.7 Å². The van der Waals surface area contributed by atoms with Crippen molar-refractivity contribution in [2.24, 2.45) is 0 Å². The summed E-state index contributed by atoms with van der Waals surface area (Å²) >= 11 is 15.0. The van der Waals surface area contributed by atoms with E-state index in [2.05, 4.69) is 21.0 Å². The second-order valence-electron chi connectivity index (χ2n) is 4.27. The Morgan fingerprint density at radius 1 is 1.35 bits per heavy atom. The number of aromatic nitrogens is 2. The quantitative estimate of drug-likeness (QED) is 0.632. The number of nitrogens with zero attached hydrogens (tertiary/aromatic N) is 2. The normalized spacial score (nSPS) is 11.6. The van der Waals surface area contributed by atoms with Gasteiger partial charge in [0.15, 0.2) is 0 Å². The summed E-state index contributed by atoms with van der Waals surface area (Å²) in [5, 5.41) is 3.40. The molecule has 0 saturated carbocycles. The van der Waals surface area contributed by atoms with Crippen LogP contribution in [0.25, 0.3) is 5.69 Å². The lowest BCUT2D eigenvalue weighted by molar-refractivity contribution is -0.137. The first-order valence-corrected chi connectivity index (χ1v) is 7.69. The minimum atomic E-state index is -4.58. The zero-order valence-corrected chi connectivity index (χ0v) is 14.5. The van der Waals surface area contributed by atoms with E-state index >= 15 is 0 Å². The fraction of sp³-hybridized carbons (Fsp3) is 0.231. The van der Waals surface area contributed by atoms with Crippen LogP contribution in [-0.4, -0.2) is 22.4 Å². The van der Waals surface area contributed by atoms with Crippen molar-refractivity contribution in [2.45, 2.75) is 13.1 Å². The number of carbonyl (C=O) groups excluding carboxylic acids is 1. The van der Waals surface area contributed by atoms with Crippen LogP contribution in [-0.2, 0) is 10.9 Å². The zero-order valence-electron chi connectivity index (χ0n) is 11.4. The molecule has 0 fully saturated rings. The third-order valence-electron chi connectivity index (χ3n) is 2.76. The molecule has 23 heavy (non-hydrogen) atoms. The summed E-state index contributed by atoms with van der Waals surface area (Å²) in [5.41, 5.74) is -0.868. The average Bonchev–Trinajstić information content (AvgIpc) is 2.79. The molecule has 124 valence electrons. The van der Waals surface area contributed by atoms with Gasteiger partial charge in [-0.05, 0) is 35.0 Å². The summed E-state index contributed by atoms with van der Waals surface area (Å²) in [6.07, 6.45) is -3.38. The third-order valence-corrected chi connectivity index (χ3v) is 4.10. The molecular formula is C13H8BrCl2F3N2O2. The van der Waals surface area contributed by atoms with Crippen LogP contribution < -0.4 is 0 Å². The molecule has 0 N–H and O–H groups in total. The summed E-state index contributed by atoms with van der Waals surface area (Å²) in [6.45, 7) is 1.80. The second kappa shape index (κ2) is 6.70. The first-order chi connectivity index (χ1) is 10.7. The third kappa shape index (κ3) is 3.64. The Morgan fingerprint density at radius 2 is 1.91 bits per heavy atom. The zero-order chi connectivity index (χ0) is 17.4. The van der Waals surface area contributed by atoms with Crippen molar-refractivity contribution >= 4 is 45.1 Å². The number of esters is 1. The Labute approximate surface area is 147 Å². The number of carbonyl (C=O) groups is 1. The molecular weight excluding hydrogens is 424 g/mol. The van der Waals surface area contributed by atoms with Gasteiger partial charge in [-0.15, -0.1) is 0 Å². The van der Waals surface area contributed by atoms with Crippen LogP contribution in [0, 0.1) is 0 Å². The Kier molecular flexibility index (Phi) is 5.27. The smallest absolute Gasteiger partial charge is 0.416 e. The van der Waals surface area contributed by atoms with Crippen LogP contribution >= 0.6 is 39.1 Å². The molecule has 0 aliphatic rings. The van der Waals surface area contributed by atoms with Gasteiger partial charge in [-0.2, -0.15) is 18.3 Å². The molecule has 0 atom stereocenters. The minimum Gasteiger partial charge on any atom is -0.462 e. The number of benzene rings is 1. The van der Waals surface area contributed by atoms with Crippen molar-refractivity contribution in [2.75, 3.05) is 6.61 Å². The van der Waals surface area contributed by atoms with E-state index in [1.54, 1.807) is 6.92 Å². The monoisotopic (exact) mass is 430 g/mol. The summed E-state index contributed by atoms with van der Waals surface area (Å²) in [7, 11) is 0. The van der Waals surface area contributed by atoms with Gasteiger partial charge in [0, 0.05) is 0 Å². The van der Waals surface area contributed by atoms with Gasteiger partial charge >= 0.3 is 12.1 Å². The number of alkyl halides is 3. The highest BCUT2D eigenvalue weighted by Gasteiger charge is 2.32. The fourth-order valence-corrected chi connectivity index (χ4v) is 2.95. The molecule has 10 heteroatoms. The SMILES string of the molecule is CCOC(=O)c1cnn(-c2c(Cl)cc(C(F)(F)F)cc2Cl)c1Br. The number of hydrogen-bond acceptors (Lipinski definition) is 3. The van der Waals surface area contributed by atoms with E-state index < -0.39 is 17.7 Å². The van der Waals surface area contributed by atoms with Gasteiger partial charge in [-0.25, -0.2) is 9.48 Å². The molecule has 1 aromatic carbocycles. The molecule has 4 nitrogen and oxygen atoms in total. The highest BCUT2D eigenvalue weighted by atomic mass is 79.9.